The van der Waals surface area contributed by atoms with E-state index in [0.29, 0.717) is 25.6 Å². The van der Waals surface area contributed by atoms with Crippen LogP contribution < -0.4 is 10.1 Å². The molecule has 6 nitrogen and oxygen atoms in total. The van der Waals surface area contributed by atoms with Crippen LogP contribution in [0.15, 0.2) is 54.7 Å². The molecule has 1 aromatic carbocycles. The standard InChI is InChI=1S/C24H28N4O2/c1-2-30-21-12-10-18(11-13-21)15-24(29)26-17-19-16-23(22-9-5-6-14-25-22)28(27-19)20-7-3-4-8-20/h5-6,9-14,16,20H,2-4,7-8,15,17H2,1H3,(H,26,29). The van der Waals surface area contributed by atoms with Gasteiger partial charge in [-0.25, -0.2) is 0 Å². The van der Waals surface area contributed by atoms with Crippen LogP contribution in [0, 0.1) is 0 Å². The Morgan fingerprint density at radius 3 is 2.67 bits per heavy atom. The Hall–Kier alpha value is -3.15. The van der Waals surface area contributed by atoms with E-state index in [0.717, 1.165) is 41.2 Å². The topological polar surface area (TPSA) is 69.0 Å². The molecule has 1 aliphatic carbocycles. The first-order valence-electron chi connectivity index (χ1n) is 10.7. The van der Waals surface area contributed by atoms with Crippen LogP contribution in [0.2, 0.25) is 0 Å². The van der Waals surface area contributed by atoms with E-state index < -0.39 is 0 Å². The lowest BCUT2D eigenvalue weighted by atomic mass is 10.1. The van der Waals surface area contributed by atoms with Crippen molar-refractivity contribution in [3.05, 3.63) is 66.0 Å². The van der Waals surface area contributed by atoms with Gasteiger partial charge in [-0.15, -0.1) is 0 Å². The Morgan fingerprint density at radius 2 is 1.97 bits per heavy atom. The van der Waals surface area contributed by atoms with Crippen LogP contribution in [0.5, 0.6) is 5.75 Å². The van der Waals surface area contributed by atoms with Crippen molar-refractivity contribution in [1.29, 1.82) is 0 Å². The molecule has 1 N–H and O–H groups in total. The molecule has 1 amide bonds. The van der Waals surface area contributed by atoms with Crippen LogP contribution in [0.1, 0.15) is 49.9 Å². The van der Waals surface area contributed by atoms with Gasteiger partial charge < -0.3 is 10.1 Å². The molecule has 4 rings (SSSR count). The van der Waals surface area contributed by atoms with Crippen molar-refractivity contribution >= 4 is 5.91 Å². The fraction of sp³-hybridized carbons (Fsp3) is 0.375. The fourth-order valence-electron chi connectivity index (χ4n) is 3.97. The predicted molar refractivity (Wildman–Crippen MR) is 116 cm³/mol. The van der Waals surface area contributed by atoms with E-state index in [2.05, 4.69) is 21.0 Å². The van der Waals surface area contributed by atoms with Gasteiger partial charge in [-0.1, -0.05) is 31.0 Å². The number of ether oxygens (including phenoxy) is 1. The highest BCUT2D eigenvalue weighted by molar-refractivity contribution is 5.78. The van der Waals surface area contributed by atoms with Crippen molar-refractivity contribution in [2.24, 2.45) is 0 Å². The summed E-state index contributed by atoms with van der Waals surface area (Å²) in [5, 5.41) is 7.83. The summed E-state index contributed by atoms with van der Waals surface area (Å²) in [7, 11) is 0. The number of hydrogen-bond donors (Lipinski definition) is 1. The third kappa shape index (κ3) is 4.87. The van der Waals surface area contributed by atoms with Crippen LogP contribution in [-0.4, -0.2) is 27.3 Å². The summed E-state index contributed by atoms with van der Waals surface area (Å²) in [6, 6.07) is 16.0. The van der Waals surface area contributed by atoms with Gasteiger partial charge in [-0.3, -0.25) is 14.5 Å². The molecule has 0 saturated heterocycles. The quantitative estimate of drug-likeness (QED) is 0.607. The summed E-state index contributed by atoms with van der Waals surface area (Å²) in [4.78, 5) is 16.9. The number of nitrogens with one attached hydrogen (secondary N) is 1. The van der Waals surface area contributed by atoms with E-state index >= 15 is 0 Å². The average Bonchev–Trinajstić information content (AvgIpc) is 3.44. The number of amides is 1. The molecule has 2 aromatic heterocycles. The van der Waals surface area contributed by atoms with Gasteiger partial charge in [0.15, 0.2) is 0 Å². The maximum Gasteiger partial charge on any atom is 0.224 e. The molecule has 2 heterocycles. The van der Waals surface area contributed by atoms with Crippen LogP contribution in [-0.2, 0) is 17.8 Å². The molecular weight excluding hydrogens is 376 g/mol. The molecule has 0 aliphatic heterocycles. The normalized spacial score (nSPS) is 14.0. The zero-order valence-corrected chi connectivity index (χ0v) is 17.4. The van der Waals surface area contributed by atoms with Gasteiger partial charge >= 0.3 is 0 Å². The molecule has 3 aromatic rings. The Balaban J connectivity index is 1.42. The number of benzene rings is 1. The molecule has 0 spiro atoms. The number of nitrogens with zero attached hydrogens (tertiary/aromatic N) is 3. The summed E-state index contributed by atoms with van der Waals surface area (Å²) in [5.41, 5.74) is 3.77. The van der Waals surface area contributed by atoms with Crippen molar-refractivity contribution in [2.75, 3.05) is 6.61 Å². The maximum absolute atomic E-state index is 12.4. The average molecular weight is 405 g/mol. The summed E-state index contributed by atoms with van der Waals surface area (Å²) in [6.07, 6.45) is 6.90. The first-order valence-corrected chi connectivity index (χ1v) is 10.7. The lowest BCUT2D eigenvalue weighted by molar-refractivity contribution is -0.120. The van der Waals surface area contributed by atoms with Crippen LogP contribution >= 0.6 is 0 Å². The Morgan fingerprint density at radius 1 is 1.17 bits per heavy atom. The number of carbonyl (C=O) groups excluding carboxylic acids is 1. The molecule has 1 saturated carbocycles. The largest absolute Gasteiger partial charge is 0.494 e. The molecule has 0 atom stereocenters. The highest BCUT2D eigenvalue weighted by Crippen LogP contribution is 2.33. The van der Waals surface area contributed by atoms with Crippen molar-refractivity contribution in [3.63, 3.8) is 0 Å². The molecule has 0 radical (unpaired) electrons. The Labute approximate surface area is 177 Å². The Bertz CT molecular complexity index is 961. The third-order valence-corrected chi connectivity index (χ3v) is 5.45. The second-order valence-corrected chi connectivity index (χ2v) is 7.65. The maximum atomic E-state index is 12.4. The summed E-state index contributed by atoms with van der Waals surface area (Å²) < 4.78 is 7.56. The minimum Gasteiger partial charge on any atom is -0.494 e. The minimum atomic E-state index is -0.0195. The van der Waals surface area contributed by atoms with E-state index in [-0.39, 0.29) is 5.91 Å². The first kappa shape index (κ1) is 20.1. The van der Waals surface area contributed by atoms with Gasteiger partial charge in [0.2, 0.25) is 5.91 Å². The van der Waals surface area contributed by atoms with Crippen molar-refractivity contribution in [3.8, 4) is 17.1 Å². The highest BCUT2D eigenvalue weighted by Gasteiger charge is 2.22. The number of carbonyl (C=O) groups is 1. The van der Waals surface area contributed by atoms with Gasteiger partial charge in [0.05, 0.1) is 42.7 Å². The van der Waals surface area contributed by atoms with E-state index in [1.165, 1.54) is 12.8 Å². The molecule has 0 unspecified atom stereocenters. The zero-order valence-electron chi connectivity index (χ0n) is 17.4. The molecular formula is C24H28N4O2. The van der Waals surface area contributed by atoms with Crippen LogP contribution in [0.3, 0.4) is 0 Å². The summed E-state index contributed by atoms with van der Waals surface area (Å²) >= 11 is 0. The monoisotopic (exact) mass is 404 g/mol. The second-order valence-electron chi connectivity index (χ2n) is 7.65. The van der Waals surface area contributed by atoms with Gasteiger partial charge in [0, 0.05) is 6.20 Å². The lowest BCUT2D eigenvalue weighted by Crippen LogP contribution is -2.24. The predicted octanol–water partition coefficient (Wildman–Crippen LogP) is 4.32. The van der Waals surface area contributed by atoms with Gasteiger partial charge in [-0.2, -0.15) is 5.10 Å². The number of pyridine rings is 1. The highest BCUT2D eigenvalue weighted by atomic mass is 16.5. The lowest BCUT2D eigenvalue weighted by Gasteiger charge is -2.13. The van der Waals surface area contributed by atoms with Gasteiger partial charge in [0.1, 0.15) is 5.75 Å². The molecule has 156 valence electrons. The van der Waals surface area contributed by atoms with Crippen molar-refractivity contribution in [2.45, 2.75) is 51.6 Å². The molecule has 6 heteroatoms. The molecule has 1 aliphatic rings. The SMILES string of the molecule is CCOc1ccc(CC(=O)NCc2cc(-c3ccccn3)n(C3CCCC3)n2)cc1. The molecule has 1 fully saturated rings. The number of hydrogen-bond acceptors (Lipinski definition) is 4. The van der Waals surface area contributed by atoms with Crippen molar-refractivity contribution < 1.29 is 9.53 Å². The summed E-state index contributed by atoms with van der Waals surface area (Å²) in [5.74, 6) is 0.801. The second kappa shape index (κ2) is 9.57. The fourth-order valence-corrected chi connectivity index (χ4v) is 3.97. The Kier molecular flexibility index (Phi) is 6.42. The van der Waals surface area contributed by atoms with E-state index in [4.69, 9.17) is 9.84 Å². The smallest absolute Gasteiger partial charge is 0.224 e. The van der Waals surface area contributed by atoms with Crippen LogP contribution in [0.25, 0.3) is 11.4 Å². The van der Waals surface area contributed by atoms with Gasteiger partial charge in [0.25, 0.3) is 0 Å². The summed E-state index contributed by atoms with van der Waals surface area (Å²) in [6.45, 7) is 3.00. The number of aromatic nitrogens is 3. The van der Waals surface area contributed by atoms with Gasteiger partial charge in [-0.05, 0) is 55.7 Å². The first-order chi connectivity index (χ1) is 14.7. The van der Waals surface area contributed by atoms with E-state index in [1.54, 1.807) is 6.20 Å². The minimum absolute atomic E-state index is 0.0195. The van der Waals surface area contributed by atoms with Crippen molar-refractivity contribution in [1.82, 2.24) is 20.1 Å². The van der Waals surface area contributed by atoms with E-state index in [9.17, 15) is 4.79 Å². The third-order valence-electron chi connectivity index (χ3n) is 5.45. The van der Waals surface area contributed by atoms with Crippen LogP contribution in [0.4, 0.5) is 0 Å². The molecule has 0 bridgehead atoms. The molecule has 30 heavy (non-hydrogen) atoms. The number of rotatable bonds is 8. The zero-order chi connectivity index (χ0) is 20.8. The van der Waals surface area contributed by atoms with E-state index in [1.807, 2.05) is 49.4 Å².